The average molecular weight is 373 g/mol. The fraction of sp³-hybridized carbons (Fsp3) is 0.619. The van der Waals surface area contributed by atoms with Crippen LogP contribution in [-0.2, 0) is 9.59 Å². The largest absolute Gasteiger partial charge is 0.369 e. The molecule has 2 amide bonds. The van der Waals surface area contributed by atoms with Crippen LogP contribution in [0.15, 0.2) is 18.2 Å². The van der Waals surface area contributed by atoms with E-state index in [1.54, 1.807) is 11.9 Å². The average Bonchev–Trinajstić information content (AvgIpc) is 3.46. The quantitative estimate of drug-likeness (QED) is 0.823. The molecule has 0 bridgehead atoms. The molecule has 0 spiro atoms. The molecular formula is C21H32N4O2. The van der Waals surface area contributed by atoms with E-state index in [4.69, 9.17) is 0 Å². The highest BCUT2D eigenvalue weighted by atomic mass is 16.2. The van der Waals surface area contributed by atoms with Crippen molar-refractivity contribution in [1.29, 1.82) is 0 Å². The molecule has 1 saturated heterocycles. The fourth-order valence-corrected chi connectivity index (χ4v) is 3.70. The number of hydrogen-bond donors (Lipinski definition) is 1. The van der Waals surface area contributed by atoms with Crippen LogP contribution in [0.1, 0.15) is 30.9 Å². The normalized spacial score (nSPS) is 18.9. The molecule has 0 aromatic heterocycles. The summed E-state index contributed by atoms with van der Waals surface area (Å²) in [6.07, 6.45) is 2.12. The van der Waals surface area contributed by atoms with Crippen LogP contribution in [0.5, 0.6) is 0 Å². The Morgan fingerprint density at radius 3 is 2.48 bits per heavy atom. The maximum atomic E-state index is 12.7. The maximum Gasteiger partial charge on any atom is 0.239 e. The van der Waals surface area contributed by atoms with Crippen molar-refractivity contribution in [3.8, 4) is 0 Å². The summed E-state index contributed by atoms with van der Waals surface area (Å²) in [5.41, 5.74) is 3.93. The van der Waals surface area contributed by atoms with Gasteiger partial charge in [0, 0.05) is 45.0 Å². The van der Waals surface area contributed by atoms with Gasteiger partial charge in [-0.25, -0.2) is 0 Å². The summed E-state index contributed by atoms with van der Waals surface area (Å²) < 4.78 is 0. The molecule has 1 N–H and O–H groups in total. The molecule has 1 unspecified atom stereocenters. The third kappa shape index (κ3) is 4.80. The van der Waals surface area contributed by atoms with Gasteiger partial charge in [0.2, 0.25) is 11.8 Å². The topological polar surface area (TPSA) is 55.9 Å². The van der Waals surface area contributed by atoms with Gasteiger partial charge < -0.3 is 15.1 Å². The molecule has 1 saturated carbocycles. The molecule has 1 heterocycles. The van der Waals surface area contributed by atoms with Crippen LogP contribution in [0.3, 0.4) is 0 Å². The molecule has 1 aliphatic carbocycles. The van der Waals surface area contributed by atoms with Gasteiger partial charge >= 0.3 is 0 Å². The van der Waals surface area contributed by atoms with Gasteiger partial charge in [0.15, 0.2) is 0 Å². The minimum Gasteiger partial charge on any atom is -0.369 e. The predicted molar refractivity (Wildman–Crippen MR) is 108 cm³/mol. The first-order valence-corrected chi connectivity index (χ1v) is 9.96. The lowest BCUT2D eigenvalue weighted by molar-refractivity contribution is -0.138. The Balaban J connectivity index is 1.51. The molecule has 6 heteroatoms. The van der Waals surface area contributed by atoms with E-state index in [0.717, 1.165) is 39.0 Å². The number of anilines is 1. The number of benzene rings is 1. The summed E-state index contributed by atoms with van der Waals surface area (Å²) in [7, 11) is 1.72. The fourth-order valence-electron chi connectivity index (χ4n) is 3.70. The zero-order valence-electron chi connectivity index (χ0n) is 17.0. The van der Waals surface area contributed by atoms with Crippen molar-refractivity contribution in [2.75, 3.05) is 44.7 Å². The first kappa shape index (κ1) is 19.7. The Hall–Kier alpha value is -2.08. The molecule has 2 fully saturated rings. The first-order chi connectivity index (χ1) is 12.9. The van der Waals surface area contributed by atoms with Gasteiger partial charge in [0.05, 0.1) is 12.6 Å². The van der Waals surface area contributed by atoms with Gasteiger partial charge in [-0.2, -0.15) is 0 Å². The smallest absolute Gasteiger partial charge is 0.239 e. The number of rotatable bonds is 6. The van der Waals surface area contributed by atoms with Crippen LogP contribution in [0.25, 0.3) is 0 Å². The van der Waals surface area contributed by atoms with Crippen LogP contribution in [0.2, 0.25) is 0 Å². The van der Waals surface area contributed by atoms with E-state index in [-0.39, 0.29) is 24.4 Å². The lowest BCUT2D eigenvalue weighted by Gasteiger charge is -2.40. The van der Waals surface area contributed by atoms with Gasteiger partial charge in [-0.3, -0.25) is 14.5 Å². The molecule has 1 atom stereocenters. The number of piperazine rings is 1. The summed E-state index contributed by atoms with van der Waals surface area (Å²) >= 11 is 0. The number of hydrogen-bond acceptors (Lipinski definition) is 4. The highest BCUT2D eigenvalue weighted by Crippen LogP contribution is 2.24. The van der Waals surface area contributed by atoms with Crippen molar-refractivity contribution in [3.63, 3.8) is 0 Å². The Morgan fingerprint density at radius 1 is 1.19 bits per heavy atom. The molecule has 3 rings (SSSR count). The molecular weight excluding hydrogens is 340 g/mol. The number of amides is 2. The van der Waals surface area contributed by atoms with Crippen molar-refractivity contribution in [3.05, 3.63) is 29.3 Å². The van der Waals surface area contributed by atoms with Crippen molar-refractivity contribution in [2.24, 2.45) is 0 Å². The standard InChI is InChI=1S/C21H32N4O2/c1-15-6-5-7-19(16(15)2)25-12-10-24(11-13-25)17(3)21(27)23(4)14-20(26)22-18-8-9-18/h5-7,17-18H,8-14H2,1-4H3,(H,22,26). The number of nitrogens with one attached hydrogen (secondary N) is 1. The van der Waals surface area contributed by atoms with Gasteiger partial charge in [-0.05, 0) is 50.8 Å². The number of carbonyl (C=O) groups excluding carboxylic acids is 2. The predicted octanol–water partition coefficient (Wildman–Crippen LogP) is 1.55. The Bertz CT molecular complexity index is 693. The van der Waals surface area contributed by atoms with E-state index >= 15 is 0 Å². The highest BCUT2D eigenvalue weighted by Gasteiger charge is 2.29. The van der Waals surface area contributed by atoms with E-state index in [1.165, 1.54) is 16.8 Å². The second-order valence-electron chi connectivity index (χ2n) is 7.95. The van der Waals surface area contributed by atoms with Gasteiger partial charge in [0.1, 0.15) is 0 Å². The number of nitrogens with zero attached hydrogens (tertiary/aromatic N) is 3. The van der Waals surface area contributed by atoms with Crippen molar-refractivity contribution >= 4 is 17.5 Å². The third-order valence-corrected chi connectivity index (χ3v) is 5.84. The van der Waals surface area contributed by atoms with Crippen LogP contribution >= 0.6 is 0 Å². The molecule has 2 aliphatic rings. The second-order valence-corrected chi connectivity index (χ2v) is 7.95. The Labute approximate surface area is 162 Å². The number of likely N-dealkylation sites (N-methyl/N-ethyl adjacent to an activating group) is 1. The first-order valence-electron chi connectivity index (χ1n) is 9.96. The zero-order chi connectivity index (χ0) is 19.6. The Kier molecular flexibility index (Phi) is 6.05. The molecule has 1 aliphatic heterocycles. The summed E-state index contributed by atoms with van der Waals surface area (Å²) in [5, 5.41) is 2.94. The van der Waals surface area contributed by atoms with Crippen LogP contribution in [0, 0.1) is 13.8 Å². The van der Waals surface area contributed by atoms with Crippen LogP contribution in [0.4, 0.5) is 5.69 Å². The summed E-state index contributed by atoms with van der Waals surface area (Å²) in [6, 6.07) is 6.56. The molecule has 6 nitrogen and oxygen atoms in total. The van der Waals surface area contributed by atoms with Gasteiger partial charge in [0.25, 0.3) is 0 Å². The minimum atomic E-state index is -0.204. The lowest BCUT2D eigenvalue weighted by Crippen LogP contribution is -2.55. The van der Waals surface area contributed by atoms with E-state index in [1.807, 2.05) is 6.92 Å². The summed E-state index contributed by atoms with van der Waals surface area (Å²) in [6.45, 7) is 9.93. The van der Waals surface area contributed by atoms with E-state index in [9.17, 15) is 9.59 Å². The number of carbonyl (C=O) groups is 2. The SMILES string of the molecule is Cc1cccc(N2CCN(C(C)C(=O)N(C)CC(=O)NC3CC3)CC2)c1C. The number of aryl methyl sites for hydroxylation is 1. The van der Waals surface area contributed by atoms with Crippen molar-refractivity contribution in [1.82, 2.24) is 15.1 Å². The van der Waals surface area contributed by atoms with Crippen molar-refractivity contribution < 1.29 is 9.59 Å². The van der Waals surface area contributed by atoms with Gasteiger partial charge in [-0.15, -0.1) is 0 Å². The Morgan fingerprint density at radius 2 is 1.85 bits per heavy atom. The van der Waals surface area contributed by atoms with Crippen LogP contribution < -0.4 is 10.2 Å². The lowest BCUT2D eigenvalue weighted by atomic mass is 10.1. The minimum absolute atomic E-state index is 0.0149. The third-order valence-electron chi connectivity index (χ3n) is 5.84. The van der Waals surface area contributed by atoms with E-state index in [0.29, 0.717) is 6.04 Å². The van der Waals surface area contributed by atoms with E-state index < -0.39 is 0 Å². The summed E-state index contributed by atoms with van der Waals surface area (Å²) in [5.74, 6) is -0.0403. The molecule has 1 aromatic rings. The van der Waals surface area contributed by atoms with Crippen molar-refractivity contribution in [2.45, 2.75) is 45.7 Å². The molecule has 148 valence electrons. The summed E-state index contributed by atoms with van der Waals surface area (Å²) in [4.78, 5) is 30.8. The molecule has 1 aromatic carbocycles. The monoisotopic (exact) mass is 372 g/mol. The maximum absolute atomic E-state index is 12.7. The molecule has 27 heavy (non-hydrogen) atoms. The second kappa shape index (κ2) is 8.30. The van der Waals surface area contributed by atoms with Gasteiger partial charge in [-0.1, -0.05) is 12.1 Å². The van der Waals surface area contributed by atoms with E-state index in [2.05, 4.69) is 47.2 Å². The molecule has 0 radical (unpaired) electrons. The van der Waals surface area contributed by atoms with Crippen LogP contribution in [-0.4, -0.2) is 73.5 Å². The zero-order valence-corrected chi connectivity index (χ0v) is 17.0. The highest BCUT2D eigenvalue weighted by molar-refractivity contribution is 5.87.